The van der Waals surface area contributed by atoms with Crippen LogP contribution in [0.2, 0.25) is 0 Å². The molecule has 28 heavy (non-hydrogen) atoms. The number of aromatic hydroxyl groups is 1. The van der Waals surface area contributed by atoms with Gasteiger partial charge in [-0.25, -0.2) is 4.79 Å². The zero-order valence-corrected chi connectivity index (χ0v) is 16.5. The molecule has 0 bridgehead atoms. The number of carbonyl (C=O) groups is 2. The van der Waals surface area contributed by atoms with Crippen LogP contribution in [-0.2, 0) is 14.3 Å². The van der Waals surface area contributed by atoms with Gasteiger partial charge in [0.15, 0.2) is 5.78 Å². The van der Waals surface area contributed by atoms with Gasteiger partial charge in [-0.2, -0.15) is 0 Å². The van der Waals surface area contributed by atoms with Crippen molar-refractivity contribution in [2.75, 3.05) is 7.11 Å². The van der Waals surface area contributed by atoms with Gasteiger partial charge in [0, 0.05) is 40.1 Å². The number of methoxy groups -OCH3 is 1. The SMILES string of the molecule is COC(=O)C1=C(C)NC2=C(C(=O)C[C@H](c3cccs3)C2)[C@@H]1c1cccc(O)c1. The fourth-order valence-corrected chi connectivity index (χ4v) is 5.01. The standard InChI is InChI=1S/C22H21NO4S/c1-12-19(22(26)27-2)20(13-5-3-6-15(24)9-13)21-16(23-12)10-14(11-17(21)25)18-7-4-8-28-18/h3-9,14,20,23-24H,10-11H2,1-2H3/t14-,20-/m1/s1. The minimum Gasteiger partial charge on any atom is -0.508 e. The molecular formula is C22H21NO4S. The van der Waals surface area contributed by atoms with E-state index in [0.29, 0.717) is 35.2 Å². The highest BCUT2D eigenvalue weighted by atomic mass is 32.1. The van der Waals surface area contributed by atoms with E-state index in [-0.39, 0.29) is 17.5 Å². The van der Waals surface area contributed by atoms with Crippen LogP contribution in [0, 0.1) is 0 Å². The molecule has 0 amide bonds. The lowest BCUT2D eigenvalue weighted by molar-refractivity contribution is -0.136. The fourth-order valence-electron chi connectivity index (χ4n) is 4.18. The number of esters is 1. The number of ketones is 1. The van der Waals surface area contributed by atoms with E-state index in [9.17, 15) is 14.7 Å². The van der Waals surface area contributed by atoms with E-state index in [4.69, 9.17) is 4.74 Å². The number of hydrogen-bond acceptors (Lipinski definition) is 6. The summed E-state index contributed by atoms with van der Waals surface area (Å²) in [6.45, 7) is 1.82. The van der Waals surface area contributed by atoms with Gasteiger partial charge in [-0.05, 0) is 42.5 Å². The summed E-state index contributed by atoms with van der Waals surface area (Å²) in [6, 6.07) is 10.8. The monoisotopic (exact) mass is 395 g/mol. The lowest BCUT2D eigenvalue weighted by Gasteiger charge is -2.36. The molecule has 6 heteroatoms. The molecule has 144 valence electrons. The van der Waals surface area contributed by atoms with Gasteiger partial charge in [0.25, 0.3) is 0 Å². The van der Waals surface area contributed by atoms with E-state index in [1.54, 1.807) is 29.5 Å². The minimum atomic E-state index is -0.549. The van der Waals surface area contributed by atoms with Crippen molar-refractivity contribution in [1.82, 2.24) is 5.32 Å². The number of ether oxygens (including phenoxy) is 1. The van der Waals surface area contributed by atoms with Gasteiger partial charge in [-0.1, -0.05) is 18.2 Å². The first-order chi connectivity index (χ1) is 13.5. The van der Waals surface area contributed by atoms with Crippen LogP contribution in [0.4, 0.5) is 0 Å². The van der Waals surface area contributed by atoms with Gasteiger partial charge in [-0.15, -0.1) is 11.3 Å². The first-order valence-corrected chi connectivity index (χ1v) is 10.0. The van der Waals surface area contributed by atoms with Gasteiger partial charge in [0.05, 0.1) is 12.7 Å². The highest BCUT2D eigenvalue weighted by Gasteiger charge is 2.41. The van der Waals surface area contributed by atoms with Gasteiger partial charge in [0.1, 0.15) is 5.75 Å². The number of allylic oxidation sites excluding steroid dienone is 3. The maximum absolute atomic E-state index is 13.2. The number of nitrogens with one attached hydrogen (secondary N) is 1. The maximum atomic E-state index is 13.2. The zero-order valence-electron chi connectivity index (χ0n) is 15.7. The number of phenolic OH excluding ortho intramolecular Hbond substituents is 1. The number of hydrogen-bond donors (Lipinski definition) is 2. The van der Waals surface area contributed by atoms with Crippen molar-refractivity contribution >= 4 is 23.1 Å². The molecule has 0 saturated carbocycles. The quantitative estimate of drug-likeness (QED) is 0.769. The Bertz CT molecular complexity index is 1000. The highest BCUT2D eigenvalue weighted by Crippen LogP contribution is 2.46. The van der Waals surface area contributed by atoms with Crippen LogP contribution in [0.1, 0.15) is 42.0 Å². The predicted molar refractivity (Wildman–Crippen MR) is 107 cm³/mol. The molecule has 4 rings (SSSR count). The van der Waals surface area contributed by atoms with Crippen molar-refractivity contribution in [2.24, 2.45) is 0 Å². The van der Waals surface area contributed by atoms with Crippen molar-refractivity contribution in [3.8, 4) is 5.75 Å². The van der Waals surface area contributed by atoms with E-state index in [1.807, 2.05) is 24.4 Å². The number of carbonyl (C=O) groups excluding carboxylic acids is 2. The molecule has 0 radical (unpaired) electrons. The second-order valence-electron chi connectivity index (χ2n) is 7.12. The molecule has 0 unspecified atom stereocenters. The summed E-state index contributed by atoms with van der Waals surface area (Å²) in [5.74, 6) is -0.768. The van der Waals surface area contributed by atoms with Crippen LogP contribution in [0.3, 0.4) is 0 Å². The summed E-state index contributed by atoms with van der Waals surface area (Å²) in [7, 11) is 1.33. The Morgan fingerprint density at radius 2 is 2.07 bits per heavy atom. The summed E-state index contributed by atoms with van der Waals surface area (Å²) >= 11 is 1.66. The summed E-state index contributed by atoms with van der Waals surface area (Å²) in [4.78, 5) is 27.0. The topological polar surface area (TPSA) is 75.6 Å². The highest BCUT2D eigenvalue weighted by molar-refractivity contribution is 7.10. The predicted octanol–water partition coefficient (Wildman–Crippen LogP) is 3.99. The summed E-state index contributed by atoms with van der Waals surface area (Å²) < 4.78 is 5.01. The first-order valence-electron chi connectivity index (χ1n) is 9.14. The first kappa shape index (κ1) is 18.5. The molecule has 0 spiro atoms. The number of benzene rings is 1. The van der Waals surface area contributed by atoms with Crippen molar-refractivity contribution in [2.45, 2.75) is 31.6 Å². The number of phenols is 1. The van der Waals surface area contributed by atoms with E-state index in [0.717, 1.165) is 5.70 Å². The van der Waals surface area contributed by atoms with Crippen LogP contribution >= 0.6 is 11.3 Å². The summed E-state index contributed by atoms with van der Waals surface area (Å²) in [5, 5.41) is 15.3. The van der Waals surface area contributed by atoms with Crippen LogP contribution in [0.15, 0.2) is 64.3 Å². The average Bonchev–Trinajstić information content (AvgIpc) is 3.21. The third-order valence-electron chi connectivity index (χ3n) is 5.38. The molecule has 0 saturated heterocycles. The Balaban J connectivity index is 1.83. The number of Topliss-reactive ketones (excluding diaryl/α,β-unsaturated/α-hetero) is 1. The molecule has 2 N–H and O–H groups in total. The normalized spacial score (nSPS) is 22.0. The third-order valence-corrected chi connectivity index (χ3v) is 6.42. The van der Waals surface area contributed by atoms with Crippen molar-refractivity contribution < 1.29 is 19.4 Å². The lowest BCUT2D eigenvalue weighted by atomic mass is 9.72. The fraction of sp³-hybridized carbons (Fsp3) is 0.273. The molecule has 1 aromatic carbocycles. The minimum absolute atomic E-state index is 0.0226. The van der Waals surface area contributed by atoms with E-state index >= 15 is 0 Å². The summed E-state index contributed by atoms with van der Waals surface area (Å²) in [6.07, 6.45) is 1.12. The third kappa shape index (κ3) is 3.14. The molecule has 2 atom stereocenters. The molecule has 2 aliphatic rings. The summed E-state index contributed by atoms with van der Waals surface area (Å²) in [5.41, 5.74) is 3.25. The Hall–Kier alpha value is -2.86. The van der Waals surface area contributed by atoms with Crippen LogP contribution in [-0.4, -0.2) is 24.0 Å². The van der Waals surface area contributed by atoms with Crippen molar-refractivity contribution in [3.05, 3.63) is 74.8 Å². The molecule has 0 fully saturated rings. The molecule has 1 aliphatic heterocycles. The lowest BCUT2D eigenvalue weighted by Crippen LogP contribution is -2.35. The second-order valence-corrected chi connectivity index (χ2v) is 8.10. The van der Waals surface area contributed by atoms with Crippen molar-refractivity contribution in [3.63, 3.8) is 0 Å². The Morgan fingerprint density at radius 3 is 2.75 bits per heavy atom. The van der Waals surface area contributed by atoms with E-state index < -0.39 is 11.9 Å². The molecule has 2 aromatic rings. The molecule has 2 heterocycles. The zero-order chi connectivity index (χ0) is 19.8. The molecular weight excluding hydrogens is 374 g/mol. The Kier molecular flexibility index (Phi) is 4.81. The van der Waals surface area contributed by atoms with Gasteiger partial charge >= 0.3 is 5.97 Å². The number of rotatable bonds is 3. The van der Waals surface area contributed by atoms with E-state index in [2.05, 4.69) is 11.4 Å². The Morgan fingerprint density at radius 1 is 1.25 bits per heavy atom. The smallest absolute Gasteiger partial charge is 0.336 e. The maximum Gasteiger partial charge on any atom is 0.336 e. The van der Waals surface area contributed by atoms with Crippen LogP contribution in [0.25, 0.3) is 0 Å². The molecule has 5 nitrogen and oxygen atoms in total. The van der Waals surface area contributed by atoms with Crippen LogP contribution in [0.5, 0.6) is 5.75 Å². The largest absolute Gasteiger partial charge is 0.508 e. The van der Waals surface area contributed by atoms with Gasteiger partial charge in [-0.3, -0.25) is 4.79 Å². The van der Waals surface area contributed by atoms with Crippen LogP contribution < -0.4 is 5.32 Å². The molecule has 1 aromatic heterocycles. The van der Waals surface area contributed by atoms with E-state index in [1.165, 1.54) is 12.0 Å². The van der Waals surface area contributed by atoms with Gasteiger partial charge in [0.2, 0.25) is 0 Å². The molecule has 1 aliphatic carbocycles. The van der Waals surface area contributed by atoms with Gasteiger partial charge < -0.3 is 15.2 Å². The Labute approximate surface area is 167 Å². The number of dihydropyridines is 1. The van der Waals surface area contributed by atoms with Crippen molar-refractivity contribution in [1.29, 1.82) is 0 Å². The number of thiophene rings is 1. The average molecular weight is 395 g/mol. The second kappa shape index (κ2) is 7.28.